The molecular weight excluding hydrogens is 316 g/mol. The van der Waals surface area contributed by atoms with Crippen LogP contribution in [0.1, 0.15) is 51.4 Å². The van der Waals surface area contributed by atoms with Crippen molar-refractivity contribution in [2.24, 2.45) is 0 Å². The van der Waals surface area contributed by atoms with Crippen molar-refractivity contribution in [1.29, 1.82) is 0 Å². The van der Waals surface area contributed by atoms with Crippen molar-refractivity contribution in [2.75, 3.05) is 6.54 Å². The number of fused-ring (bicyclic) bond motifs is 1. The number of urea groups is 1. The number of amides is 2. The third-order valence-corrected chi connectivity index (χ3v) is 5.31. The zero-order valence-electron chi connectivity index (χ0n) is 14.9. The molecule has 6 nitrogen and oxygen atoms in total. The van der Waals surface area contributed by atoms with E-state index in [-0.39, 0.29) is 12.1 Å². The maximum Gasteiger partial charge on any atom is 0.318 e. The Labute approximate surface area is 147 Å². The van der Waals surface area contributed by atoms with E-state index in [9.17, 15) is 9.90 Å². The van der Waals surface area contributed by atoms with E-state index in [1.165, 1.54) is 12.8 Å². The lowest BCUT2D eigenvalue weighted by molar-refractivity contribution is 0.00976. The number of likely N-dealkylation sites (tertiary alicyclic amines) is 1. The zero-order valence-corrected chi connectivity index (χ0v) is 14.9. The second-order valence-electron chi connectivity index (χ2n) is 7.78. The van der Waals surface area contributed by atoms with Gasteiger partial charge in [-0.2, -0.15) is 0 Å². The summed E-state index contributed by atoms with van der Waals surface area (Å²) in [5.41, 5.74) is 1.24. The van der Waals surface area contributed by atoms with E-state index in [0.717, 1.165) is 29.7 Å². The Morgan fingerprint density at radius 2 is 2.08 bits per heavy atom. The summed E-state index contributed by atoms with van der Waals surface area (Å²) in [7, 11) is 0. The van der Waals surface area contributed by atoms with Crippen LogP contribution in [0.3, 0.4) is 0 Å². The molecule has 6 heteroatoms. The van der Waals surface area contributed by atoms with Crippen molar-refractivity contribution in [3.05, 3.63) is 30.1 Å². The number of rotatable bonds is 4. The summed E-state index contributed by atoms with van der Waals surface area (Å²) in [5, 5.41) is 13.3. The molecule has 134 valence electrons. The number of benzene rings is 1. The minimum Gasteiger partial charge on any atom is -0.388 e. The lowest BCUT2D eigenvalue weighted by Gasteiger charge is -2.33. The number of hydrogen-bond donors (Lipinski definition) is 2. The Balaban J connectivity index is 1.51. The average molecular weight is 342 g/mol. The topological polar surface area (TPSA) is 70.4 Å². The van der Waals surface area contributed by atoms with E-state index in [1.807, 2.05) is 18.2 Å². The Hall–Kier alpha value is -2.08. The molecule has 1 aliphatic carbocycles. The van der Waals surface area contributed by atoms with Crippen LogP contribution in [0, 0.1) is 0 Å². The lowest BCUT2D eigenvalue weighted by atomic mass is 9.97. The first-order valence-electron chi connectivity index (χ1n) is 9.18. The summed E-state index contributed by atoms with van der Waals surface area (Å²) in [6.45, 7) is 4.66. The monoisotopic (exact) mass is 342 g/mol. The number of carbonyl (C=O) groups excluding carboxylic acids is 1. The number of para-hydroxylation sites is 2. The molecular formula is C19H26N4O2. The van der Waals surface area contributed by atoms with Crippen LogP contribution in [-0.2, 0) is 6.54 Å². The average Bonchev–Trinajstić information content (AvgIpc) is 3.14. The van der Waals surface area contributed by atoms with Crippen LogP contribution in [0.15, 0.2) is 24.3 Å². The molecule has 2 N–H and O–H groups in total. The normalized spacial score (nSPS) is 21.1. The maximum absolute atomic E-state index is 12.7. The molecule has 2 aliphatic rings. The minimum absolute atomic E-state index is 0.112. The first-order valence-corrected chi connectivity index (χ1v) is 9.18. The van der Waals surface area contributed by atoms with E-state index in [1.54, 1.807) is 18.7 Å². The van der Waals surface area contributed by atoms with Gasteiger partial charge in [-0.15, -0.1) is 0 Å². The second kappa shape index (κ2) is 6.02. The highest BCUT2D eigenvalue weighted by Gasteiger charge is 2.38. The van der Waals surface area contributed by atoms with Gasteiger partial charge in [0, 0.05) is 12.6 Å². The van der Waals surface area contributed by atoms with Gasteiger partial charge in [-0.25, -0.2) is 9.78 Å². The molecule has 1 aromatic carbocycles. The predicted molar refractivity (Wildman–Crippen MR) is 96.3 cm³/mol. The number of aromatic nitrogens is 2. The molecule has 2 fully saturated rings. The lowest BCUT2D eigenvalue weighted by Crippen LogP contribution is -2.51. The maximum atomic E-state index is 12.7. The number of hydrogen-bond acceptors (Lipinski definition) is 3. The van der Waals surface area contributed by atoms with Crippen molar-refractivity contribution in [1.82, 2.24) is 19.8 Å². The second-order valence-corrected chi connectivity index (χ2v) is 7.78. The van der Waals surface area contributed by atoms with E-state index < -0.39 is 5.60 Å². The van der Waals surface area contributed by atoms with Crippen LogP contribution < -0.4 is 5.32 Å². The van der Waals surface area contributed by atoms with Crippen LogP contribution >= 0.6 is 0 Å². The highest BCUT2D eigenvalue weighted by molar-refractivity contribution is 5.77. The van der Waals surface area contributed by atoms with Gasteiger partial charge < -0.3 is 19.9 Å². The van der Waals surface area contributed by atoms with Crippen molar-refractivity contribution < 1.29 is 9.90 Å². The highest BCUT2D eigenvalue weighted by Crippen LogP contribution is 2.38. The van der Waals surface area contributed by atoms with Crippen LogP contribution in [0.2, 0.25) is 0 Å². The largest absolute Gasteiger partial charge is 0.388 e. The molecule has 1 aliphatic heterocycles. The van der Waals surface area contributed by atoms with Gasteiger partial charge in [-0.1, -0.05) is 12.1 Å². The molecule has 0 bridgehead atoms. The molecule has 1 saturated heterocycles. The number of carbonyl (C=O) groups is 1. The van der Waals surface area contributed by atoms with Crippen LogP contribution in [0.25, 0.3) is 11.0 Å². The van der Waals surface area contributed by atoms with Crippen LogP contribution in [0.4, 0.5) is 4.79 Å². The fourth-order valence-corrected chi connectivity index (χ4v) is 3.96. The van der Waals surface area contributed by atoms with Crippen molar-refractivity contribution in [3.8, 4) is 0 Å². The summed E-state index contributed by atoms with van der Waals surface area (Å²) in [5.74, 6) is 0.913. The molecule has 1 atom stereocenters. The van der Waals surface area contributed by atoms with Gasteiger partial charge in [-0.05, 0) is 51.7 Å². The third kappa shape index (κ3) is 3.11. The van der Waals surface area contributed by atoms with E-state index in [4.69, 9.17) is 4.98 Å². The SMILES string of the molecule is CC(C)(O)C1CCCN1C(=O)NCc1nc2ccccc2n1C1CC1. The molecule has 2 aromatic rings. The first kappa shape index (κ1) is 16.4. The molecule has 2 amide bonds. The summed E-state index contributed by atoms with van der Waals surface area (Å²) >= 11 is 0. The number of nitrogens with one attached hydrogen (secondary N) is 1. The Morgan fingerprint density at radius 1 is 1.32 bits per heavy atom. The molecule has 0 radical (unpaired) electrons. The summed E-state index contributed by atoms with van der Waals surface area (Å²) in [6.07, 6.45) is 4.13. The molecule has 2 heterocycles. The third-order valence-electron chi connectivity index (χ3n) is 5.31. The van der Waals surface area contributed by atoms with Gasteiger partial charge in [0.1, 0.15) is 5.82 Å². The van der Waals surface area contributed by atoms with E-state index in [0.29, 0.717) is 19.1 Å². The molecule has 25 heavy (non-hydrogen) atoms. The first-order chi connectivity index (χ1) is 11.9. The molecule has 1 unspecified atom stereocenters. The Morgan fingerprint density at radius 3 is 2.80 bits per heavy atom. The summed E-state index contributed by atoms with van der Waals surface area (Å²) < 4.78 is 2.27. The standard InChI is InChI=1S/C19H26N4O2/c1-19(2,25)16-8-5-11-22(16)18(24)20-12-17-21-14-6-3-4-7-15(14)23(17)13-9-10-13/h3-4,6-7,13,16,25H,5,8-12H2,1-2H3,(H,20,24). The molecule has 1 saturated carbocycles. The van der Waals surface area contributed by atoms with Crippen LogP contribution in [0.5, 0.6) is 0 Å². The van der Waals surface area contributed by atoms with E-state index >= 15 is 0 Å². The van der Waals surface area contributed by atoms with Crippen molar-refractivity contribution in [2.45, 2.75) is 63.8 Å². The zero-order chi connectivity index (χ0) is 17.6. The minimum atomic E-state index is -0.880. The summed E-state index contributed by atoms with van der Waals surface area (Å²) in [4.78, 5) is 19.1. The predicted octanol–water partition coefficient (Wildman–Crippen LogP) is 2.82. The Kier molecular flexibility index (Phi) is 3.95. The number of nitrogens with zero attached hydrogens (tertiary/aromatic N) is 3. The number of aliphatic hydroxyl groups is 1. The van der Waals surface area contributed by atoms with Gasteiger partial charge in [0.25, 0.3) is 0 Å². The van der Waals surface area contributed by atoms with Gasteiger partial charge in [0.2, 0.25) is 0 Å². The fourth-order valence-electron chi connectivity index (χ4n) is 3.96. The Bertz CT molecular complexity index is 788. The number of imidazole rings is 1. The smallest absolute Gasteiger partial charge is 0.318 e. The van der Waals surface area contributed by atoms with Gasteiger partial charge in [-0.3, -0.25) is 0 Å². The molecule has 1 aromatic heterocycles. The van der Waals surface area contributed by atoms with Crippen molar-refractivity contribution in [3.63, 3.8) is 0 Å². The summed E-state index contributed by atoms with van der Waals surface area (Å²) in [6, 6.07) is 8.40. The highest BCUT2D eigenvalue weighted by atomic mass is 16.3. The van der Waals surface area contributed by atoms with E-state index in [2.05, 4.69) is 16.0 Å². The van der Waals surface area contributed by atoms with Gasteiger partial charge in [0.05, 0.1) is 29.2 Å². The van der Waals surface area contributed by atoms with Gasteiger partial charge >= 0.3 is 6.03 Å². The molecule has 0 spiro atoms. The molecule has 4 rings (SSSR count). The van der Waals surface area contributed by atoms with Gasteiger partial charge in [0.15, 0.2) is 0 Å². The van der Waals surface area contributed by atoms with Crippen molar-refractivity contribution >= 4 is 17.1 Å². The fraction of sp³-hybridized carbons (Fsp3) is 0.579. The quantitative estimate of drug-likeness (QED) is 0.897. The van der Waals surface area contributed by atoms with Crippen LogP contribution in [-0.4, -0.2) is 43.8 Å².